The molecule has 0 unspecified atom stereocenters. The van der Waals surface area contributed by atoms with Crippen molar-refractivity contribution >= 4 is 9.84 Å². The number of hydrogen-bond acceptors (Lipinski definition) is 2. The van der Waals surface area contributed by atoms with Crippen molar-refractivity contribution in [2.24, 2.45) is 0 Å². The van der Waals surface area contributed by atoms with Crippen LogP contribution in [0.25, 0.3) is 0 Å². The van der Waals surface area contributed by atoms with E-state index in [1.807, 2.05) is 0 Å². The van der Waals surface area contributed by atoms with Crippen LogP contribution in [0.4, 0.5) is 0 Å². The molecule has 0 aromatic rings. The molecule has 1 aliphatic heterocycles. The van der Waals surface area contributed by atoms with Crippen LogP contribution in [-0.2, 0) is 9.84 Å². The molecular formula is C9H18NO2S+. The van der Waals surface area contributed by atoms with Gasteiger partial charge in [0.2, 0.25) is 0 Å². The minimum atomic E-state index is -2.72. The van der Waals surface area contributed by atoms with E-state index in [1.165, 1.54) is 0 Å². The van der Waals surface area contributed by atoms with E-state index in [2.05, 4.69) is 21.1 Å². The molecule has 1 saturated carbocycles. The van der Waals surface area contributed by atoms with Crippen molar-refractivity contribution in [3.05, 3.63) is 0 Å². The number of quaternary nitrogens is 1. The van der Waals surface area contributed by atoms with Gasteiger partial charge in [-0.2, -0.15) is 0 Å². The van der Waals surface area contributed by atoms with E-state index in [0.717, 1.165) is 23.7 Å². The summed E-state index contributed by atoms with van der Waals surface area (Å²) in [4.78, 5) is 0. The van der Waals surface area contributed by atoms with E-state index in [0.29, 0.717) is 5.75 Å². The Balaban J connectivity index is 2.38. The highest BCUT2D eigenvalue weighted by Gasteiger charge is 2.68. The van der Waals surface area contributed by atoms with Gasteiger partial charge in [0, 0.05) is 6.42 Å². The number of hydrogen-bond donors (Lipinski definition) is 0. The molecule has 0 N–H and O–H groups in total. The quantitative estimate of drug-likeness (QED) is 0.580. The fraction of sp³-hybridized carbons (Fsp3) is 1.00. The van der Waals surface area contributed by atoms with Crippen molar-refractivity contribution in [2.45, 2.75) is 30.1 Å². The molecule has 1 aliphatic carbocycles. The Bertz CT molecular complexity index is 328. The van der Waals surface area contributed by atoms with Crippen LogP contribution in [0.5, 0.6) is 0 Å². The molecule has 2 aliphatic rings. The van der Waals surface area contributed by atoms with E-state index in [1.54, 1.807) is 0 Å². The lowest BCUT2D eigenvalue weighted by molar-refractivity contribution is -0.921. The standard InChI is InChI=1S/C9H18NO2S/c1-10(2,3)9-6-4-5-8(9)13(11,12)7-9/h8H,4-7H2,1-3H3/q+1/t8-,9-/m1/s1. The lowest BCUT2D eigenvalue weighted by atomic mass is 9.94. The van der Waals surface area contributed by atoms with Gasteiger partial charge in [-0.25, -0.2) is 8.42 Å². The highest BCUT2D eigenvalue weighted by molar-refractivity contribution is 7.93. The molecule has 3 nitrogen and oxygen atoms in total. The maximum Gasteiger partial charge on any atom is 0.165 e. The topological polar surface area (TPSA) is 34.1 Å². The molecule has 76 valence electrons. The van der Waals surface area contributed by atoms with Crippen LogP contribution in [0.2, 0.25) is 0 Å². The van der Waals surface area contributed by atoms with Crippen LogP contribution in [0.15, 0.2) is 0 Å². The maximum absolute atomic E-state index is 11.5. The molecule has 1 heterocycles. The summed E-state index contributed by atoms with van der Waals surface area (Å²) >= 11 is 0. The Morgan fingerprint density at radius 3 is 2.31 bits per heavy atom. The smallest absolute Gasteiger partial charge is 0.165 e. The van der Waals surface area contributed by atoms with Gasteiger partial charge in [-0.05, 0) is 12.8 Å². The first-order chi connectivity index (χ1) is 5.80. The lowest BCUT2D eigenvalue weighted by Gasteiger charge is -2.53. The van der Waals surface area contributed by atoms with Crippen molar-refractivity contribution in [1.29, 1.82) is 0 Å². The zero-order valence-electron chi connectivity index (χ0n) is 8.58. The molecule has 13 heavy (non-hydrogen) atoms. The van der Waals surface area contributed by atoms with Crippen LogP contribution in [0.1, 0.15) is 19.3 Å². The molecule has 0 spiro atoms. The highest BCUT2D eigenvalue weighted by atomic mass is 32.2. The van der Waals surface area contributed by atoms with Crippen LogP contribution >= 0.6 is 0 Å². The van der Waals surface area contributed by atoms with Gasteiger partial charge in [-0.3, -0.25) is 0 Å². The SMILES string of the molecule is C[N+](C)(C)[C@@]12CCC[C@H]1S(=O)(=O)C2. The summed E-state index contributed by atoms with van der Waals surface area (Å²) in [7, 11) is 3.64. The van der Waals surface area contributed by atoms with Crippen LogP contribution in [0, 0.1) is 0 Å². The number of nitrogens with zero attached hydrogens (tertiary/aromatic N) is 1. The molecule has 0 aromatic heterocycles. The van der Waals surface area contributed by atoms with Gasteiger partial charge in [0.25, 0.3) is 0 Å². The molecule has 0 aromatic carbocycles. The normalized spacial score (nSPS) is 42.5. The lowest BCUT2D eigenvalue weighted by Crippen LogP contribution is -2.73. The predicted octanol–water partition coefficient (Wildman–Crippen LogP) is 0.412. The van der Waals surface area contributed by atoms with Gasteiger partial charge in [-0.15, -0.1) is 0 Å². The zero-order chi connectivity index (χ0) is 9.91. The number of fused-ring (bicyclic) bond motifs is 1. The monoisotopic (exact) mass is 204 g/mol. The van der Waals surface area contributed by atoms with E-state index in [9.17, 15) is 8.42 Å². The Morgan fingerprint density at radius 1 is 1.31 bits per heavy atom. The van der Waals surface area contributed by atoms with E-state index < -0.39 is 9.84 Å². The molecule has 0 bridgehead atoms. The third-order valence-electron chi connectivity index (χ3n) is 3.90. The second-order valence-electron chi connectivity index (χ2n) is 5.30. The maximum atomic E-state index is 11.5. The Hall–Kier alpha value is -0.0900. The molecule has 2 fully saturated rings. The van der Waals surface area contributed by atoms with Crippen molar-refractivity contribution in [3.63, 3.8) is 0 Å². The average molecular weight is 204 g/mol. The van der Waals surface area contributed by atoms with Gasteiger partial charge in [0.15, 0.2) is 9.84 Å². The second kappa shape index (κ2) is 2.28. The van der Waals surface area contributed by atoms with Gasteiger partial charge in [-0.1, -0.05) is 0 Å². The minimum Gasteiger partial charge on any atom is -0.324 e. The minimum absolute atomic E-state index is 0.0417. The van der Waals surface area contributed by atoms with E-state index in [4.69, 9.17) is 0 Å². The Kier molecular flexibility index (Phi) is 1.66. The van der Waals surface area contributed by atoms with Gasteiger partial charge < -0.3 is 4.48 Å². The molecule has 4 heteroatoms. The fourth-order valence-electron chi connectivity index (χ4n) is 3.01. The first kappa shape index (κ1) is 9.46. The summed E-state index contributed by atoms with van der Waals surface area (Å²) in [5.74, 6) is 0.411. The van der Waals surface area contributed by atoms with Gasteiger partial charge >= 0.3 is 0 Å². The first-order valence-electron chi connectivity index (χ1n) is 4.83. The summed E-state index contributed by atoms with van der Waals surface area (Å²) in [5, 5.41) is -0.0417. The zero-order valence-corrected chi connectivity index (χ0v) is 9.39. The molecular weight excluding hydrogens is 186 g/mol. The molecule has 2 atom stereocenters. The summed E-state index contributed by atoms with van der Waals surface area (Å²) in [6.07, 6.45) is 3.05. The summed E-state index contributed by atoms with van der Waals surface area (Å²) < 4.78 is 23.9. The number of rotatable bonds is 1. The van der Waals surface area contributed by atoms with Crippen molar-refractivity contribution in [3.8, 4) is 0 Å². The van der Waals surface area contributed by atoms with E-state index >= 15 is 0 Å². The Labute approximate surface area is 80.2 Å². The average Bonchev–Trinajstić information content (AvgIpc) is 2.26. The Morgan fingerprint density at radius 2 is 1.92 bits per heavy atom. The van der Waals surface area contributed by atoms with Crippen LogP contribution in [-0.4, -0.2) is 50.6 Å². The molecule has 0 amide bonds. The largest absolute Gasteiger partial charge is 0.324 e. The highest BCUT2D eigenvalue weighted by Crippen LogP contribution is 2.50. The van der Waals surface area contributed by atoms with Gasteiger partial charge in [0.1, 0.15) is 16.5 Å². The van der Waals surface area contributed by atoms with Crippen LogP contribution in [0.3, 0.4) is 0 Å². The summed E-state index contributed by atoms with van der Waals surface area (Å²) in [6, 6.07) is 0. The van der Waals surface area contributed by atoms with E-state index in [-0.39, 0.29) is 10.8 Å². The second-order valence-corrected chi connectivity index (χ2v) is 7.49. The fourth-order valence-corrected chi connectivity index (χ4v) is 6.06. The molecule has 0 radical (unpaired) electrons. The molecule has 2 rings (SSSR count). The third kappa shape index (κ3) is 1.02. The summed E-state index contributed by atoms with van der Waals surface area (Å²) in [5.41, 5.74) is 0.0544. The number of sulfone groups is 1. The third-order valence-corrected chi connectivity index (χ3v) is 6.34. The van der Waals surface area contributed by atoms with Crippen molar-refractivity contribution in [2.75, 3.05) is 26.9 Å². The van der Waals surface area contributed by atoms with Crippen molar-refractivity contribution in [1.82, 2.24) is 0 Å². The predicted molar refractivity (Wildman–Crippen MR) is 52.2 cm³/mol. The van der Waals surface area contributed by atoms with Crippen molar-refractivity contribution < 1.29 is 12.9 Å². The van der Waals surface area contributed by atoms with Gasteiger partial charge in [0.05, 0.1) is 21.1 Å². The first-order valence-corrected chi connectivity index (χ1v) is 6.54. The summed E-state index contributed by atoms with van der Waals surface area (Å²) in [6.45, 7) is 0. The van der Waals surface area contributed by atoms with Crippen LogP contribution < -0.4 is 0 Å². The molecule has 1 saturated heterocycles.